The molecular formula is C24H24BrNO5S. The molecule has 0 aliphatic heterocycles. The zero-order chi connectivity index (χ0) is 23.1. The van der Waals surface area contributed by atoms with Gasteiger partial charge in [0.25, 0.3) is 5.91 Å². The quantitative estimate of drug-likeness (QED) is 0.348. The maximum atomic E-state index is 12.7. The summed E-state index contributed by atoms with van der Waals surface area (Å²) in [6.07, 6.45) is 0. The highest BCUT2D eigenvalue weighted by molar-refractivity contribution is 9.10. The maximum Gasteiger partial charge on any atom is 0.341 e. The first-order valence-electron chi connectivity index (χ1n) is 10.1. The zero-order valence-electron chi connectivity index (χ0n) is 18.1. The van der Waals surface area contributed by atoms with Gasteiger partial charge in [-0.25, -0.2) is 4.79 Å². The van der Waals surface area contributed by atoms with Crippen LogP contribution < -0.4 is 14.8 Å². The van der Waals surface area contributed by atoms with Crippen molar-refractivity contribution >= 4 is 44.1 Å². The normalized spacial score (nSPS) is 10.5. The van der Waals surface area contributed by atoms with E-state index in [4.69, 9.17) is 14.2 Å². The van der Waals surface area contributed by atoms with E-state index in [1.165, 1.54) is 11.3 Å². The Morgan fingerprint density at radius 3 is 2.38 bits per heavy atom. The molecule has 0 unspecified atom stereocenters. The molecule has 0 bridgehead atoms. The van der Waals surface area contributed by atoms with E-state index in [9.17, 15) is 9.59 Å². The Morgan fingerprint density at radius 1 is 1.00 bits per heavy atom. The molecule has 32 heavy (non-hydrogen) atoms. The molecule has 0 saturated heterocycles. The molecule has 2 aromatic carbocycles. The van der Waals surface area contributed by atoms with Crippen molar-refractivity contribution in [3.05, 3.63) is 63.4 Å². The van der Waals surface area contributed by atoms with Gasteiger partial charge in [0.05, 0.1) is 13.2 Å². The van der Waals surface area contributed by atoms with Crippen molar-refractivity contribution in [2.24, 2.45) is 0 Å². The summed E-state index contributed by atoms with van der Waals surface area (Å²) >= 11 is 4.71. The molecule has 1 heterocycles. The number of thiophene rings is 1. The van der Waals surface area contributed by atoms with Gasteiger partial charge in [0.2, 0.25) is 0 Å². The molecule has 168 valence electrons. The number of ether oxygens (including phenoxy) is 3. The van der Waals surface area contributed by atoms with Gasteiger partial charge < -0.3 is 19.5 Å². The Balaban J connectivity index is 1.78. The van der Waals surface area contributed by atoms with E-state index in [-0.39, 0.29) is 19.1 Å². The predicted molar refractivity (Wildman–Crippen MR) is 130 cm³/mol. The van der Waals surface area contributed by atoms with Crippen LogP contribution in [0.2, 0.25) is 0 Å². The number of amides is 1. The molecule has 1 aromatic heterocycles. The van der Waals surface area contributed by atoms with Crippen molar-refractivity contribution in [3.8, 4) is 22.6 Å². The molecule has 0 spiro atoms. The number of rotatable bonds is 9. The SMILES string of the molecule is CCOC(=O)c1c(-c2ccc(OCC)cc2)csc1NC(=O)COc1ccc(Br)c(C)c1. The second kappa shape index (κ2) is 11.2. The van der Waals surface area contributed by atoms with Crippen molar-refractivity contribution in [2.45, 2.75) is 20.8 Å². The Bertz CT molecular complexity index is 1090. The molecule has 6 nitrogen and oxygen atoms in total. The van der Waals surface area contributed by atoms with Crippen LogP contribution in [-0.4, -0.2) is 31.7 Å². The van der Waals surface area contributed by atoms with Crippen LogP contribution in [0.4, 0.5) is 5.00 Å². The number of halogens is 1. The van der Waals surface area contributed by atoms with Crippen LogP contribution in [-0.2, 0) is 9.53 Å². The third kappa shape index (κ3) is 5.89. The largest absolute Gasteiger partial charge is 0.494 e. The molecule has 0 fully saturated rings. The molecule has 0 saturated carbocycles. The minimum absolute atomic E-state index is 0.181. The van der Waals surface area contributed by atoms with E-state index in [1.54, 1.807) is 13.0 Å². The van der Waals surface area contributed by atoms with E-state index < -0.39 is 5.97 Å². The van der Waals surface area contributed by atoms with Gasteiger partial charge in [-0.2, -0.15) is 0 Å². The lowest BCUT2D eigenvalue weighted by atomic mass is 10.0. The van der Waals surface area contributed by atoms with Gasteiger partial charge in [-0.1, -0.05) is 28.1 Å². The number of esters is 1. The number of aryl methyl sites for hydroxylation is 1. The summed E-state index contributed by atoms with van der Waals surface area (Å²) in [5.74, 6) is 0.486. The number of hydrogen-bond acceptors (Lipinski definition) is 6. The number of nitrogens with one attached hydrogen (secondary N) is 1. The van der Waals surface area contributed by atoms with E-state index >= 15 is 0 Å². The first-order valence-corrected chi connectivity index (χ1v) is 11.8. The van der Waals surface area contributed by atoms with Gasteiger partial charge >= 0.3 is 5.97 Å². The highest BCUT2D eigenvalue weighted by Gasteiger charge is 2.23. The van der Waals surface area contributed by atoms with Crippen LogP contribution in [0.5, 0.6) is 11.5 Å². The Labute approximate surface area is 199 Å². The average Bonchev–Trinajstić information content (AvgIpc) is 3.19. The van der Waals surface area contributed by atoms with Gasteiger partial charge in [0.1, 0.15) is 22.1 Å². The van der Waals surface area contributed by atoms with Crippen molar-refractivity contribution < 1.29 is 23.8 Å². The minimum atomic E-state index is -0.489. The van der Waals surface area contributed by atoms with E-state index in [0.29, 0.717) is 28.5 Å². The Morgan fingerprint density at radius 2 is 1.72 bits per heavy atom. The van der Waals surface area contributed by atoms with Gasteiger partial charge in [-0.05, 0) is 62.2 Å². The number of carbonyl (C=O) groups is 2. The van der Waals surface area contributed by atoms with Gasteiger partial charge in [-0.3, -0.25) is 4.79 Å². The van der Waals surface area contributed by atoms with Gasteiger partial charge in [0.15, 0.2) is 6.61 Å². The summed E-state index contributed by atoms with van der Waals surface area (Å²) in [4.78, 5) is 25.2. The number of benzene rings is 2. The molecule has 0 radical (unpaired) electrons. The van der Waals surface area contributed by atoms with Crippen LogP contribution in [0.1, 0.15) is 29.8 Å². The van der Waals surface area contributed by atoms with Crippen LogP contribution in [0.25, 0.3) is 11.1 Å². The fourth-order valence-corrected chi connectivity index (χ4v) is 4.20. The van der Waals surface area contributed by atoms with Crippen LogP contribution >= 0.6 is 27.3 Å². The molecule has 3 aromatic rings. The van der Waals surface area contributed by atoms with Crippen molar-refractivity contribution in [1.82, 2.24) is 0 Å². The molecule has 3 rings (SSSR count). The van der Waals surface area contributed by atoms with Crippen LogP contribution in [0.15, 0.2) is 52.3 Å². The first kappa shape index (κ1) is 23.8. The highest BCUT2D eigenvalue weighted by Crippen LogP contribution is 2.37. The average molecular weight is 518 g/mol. The van der Waals surface area contributed by atoms with Crippen molar-refractivity contribution in [1.29, 1.82) is 0 Å². The third-order valence-electron chi connectivity index (χ3n) is 4.50. The molecule has 1 N–H and O–H groups in total. The lowest BCUT2D eigenvalue weighted by Crippen LogP contribution is -2.21. The van der Waals surface area contributed by atoms with Gasteiger partial charge in [0, 0.05) is 15.4 Å². The molecule has 0 aliphatic carbocycles. The number of carbonyl (C=O) groups excluding carboxylic acids is 2. The van der Waals surface area contributed by atoms with Crippen molar-refractivity contribution in [3.63, 3.8) is 0 Å². The maximum absolute atomic E-state index is 12.7. The summed E-state index contributed by atoms with van der Waals surface area (Å²) in [5, 5.41) is 5.04. The summed E-state index contributed by atoms with van der Waals surface area (Å²) in [5.41, 5.74) is 2.85. The third-order valence-corrected chi connectivity index (χ3v) is 6.28. The standard InChI is InChI=1S/C24H24BrNO5S/c1-4-29-17-8-6-16(7-9-17)19-14-32-23(22(19)24(28)30-5-2)26-21(27)13-31-18-10-11-20(25)15(3)12-18/h6-12,14H,4-5,13H2,1-3H3,(H,26,27). The number of hydrogen-bond donors (Lipinski definition) is 1. The lowest BCUT2D eigenvalue weighted by molar-refractivity contribution is -0.118. The summed E-state index contributed by atoms with van der Waals surface area (Å²) in [6.45, 7) is 6.23. The van der Waals surface area contributed by atoms with E-state index in [0.717, 1.165) is 21.3 Å². The fourth-order valence-electron chi connectivity index (χ4n) is 2.98. The molecular weight excluding hydrogens is 494 g/mol. The molecule has 0 aliphatic rings. The number of anilines is 1. The van der Waals surface area contributed by atoms with Crippen LogP contribution in [0, 0.1) is 6.92 Å². The lowest BCUT2D eigenvalue weighted by Gasteiger charge is -2.10. The zero-order valence-corrected chi connectivity index (χ0v) is 20.5. The molecule has 0 atom stereocenters. The fraction of sp³-hybridized carbons (Fsp3) is 0.250. The monoisotopic (exact) mass is 517 g/mol. The van der Waals surface area contributed by atoms with Gasteiger partial charge in [-0.15, -0.1) is 11.3 Å². The summed E-state index contributed by atoms with van der Waals surface area (Å²) in [7, 11) is 0. The first-order chi connectivity index (χ1) is 15.4. The Hall–Kier alpha value is -2.84. The minimum Gasteiger partial charge on any atom is -0.494 e. The van der Waals surface area contributed by atoms with Crippen LogP contribution in [0.3, 0.4) is 0 Å². The Kier molecular flexibility index (Phi) is 8.30. The summed E-state index contributed by atoms with van der Waals surface area (Å²) < 4.78 is 17.3. The van der Waals surface area contributed by atoms with Crippen molar-refractivity contribution in [2.75, 3.05) is 25.1 Å². The topological polar surface area (TPSA) is 73.9 Å². The second-order valence-corrected chi connectivity index (χ2v) is 8.51. The molecule has 8 heteroatoms. The predicted octanol–water partition coefficient (Wildman–Crippen LogP) is 6.08. The van der Waals surface area contributed by atoms with E-state index in [2.05, 4.69) is 21.2 Å². The smallest absolute Gasteiger partial charge is 0.341 e. The second-order valence-electron chi connectivity index (χ2n) is 6.78. The molecule has 1 amide bonds. The highest BCUT2D eigenvalue weighted by atomic mass is 79.9. The van der Waals surface area contributed by atoms with E-state index in [1.807, 2.05) is 55.6 Å². The summed E-state index contributed by atoms with van der Waals surface area (Å²) in [6, 6.07) is 12.9.